The standard InChI is InChI=1S/C22H19FN2O/c1-26-20-13-11-19(12-14-20)25-21(16-7-9-17(23)10-8-16)15-22(25)24-18-5-3-2-4-6-18/h2-14,21H,15H2,1H3. The molecule has 0 aliphatic carbocycles. The van der Waals surface area contributed by atoms with Gasteiger partial charge in [-0.05, 0) is 54.1 Å². The second kappa shape index (κ2) is 7.00. The number of benzene rings is 3. The highest BCUT2D eigenvalue weighted by molar-refractivity contribution is 6.06. The summed E-state index contributed by atoms with van der Waals surface area (Å²) in [5, 5.41) is 0. The van der Waals surface area contributed by atoms with E-state index in [9.17, 15) is 4.39 Å². The molecule has 1 aliphatic heterocycles. The van der Waals surface area contributed by atoms with Crippen LogP contribution in [0, 0.1) is 5.82 Å². The molecule has 0 saturated carbocycles. The first-order chi connectivity index (χ1) is 12.7. The molecule has 3 aromatic rings. The third kappa shape index (κ3) is 3.18. The number of methoxy groups -OCH3 is 1. The molecule has 3 nitrogen and oxygen atoms in total. The molecule has 1 atom stereocenters. The third-order valence-corrected chi connectivity index (χ3v) is 4.59. The molecule has 4 heteroatoms. The first kappa shape index (κ1) is 16.3. The molecule has 1 fully saturated rings. The van der Waals surface area contributed by atoms with Gasteiger partial charge < -0.3 is 9.64 Å². The molecule has 1 heterocycles. The fraction of sp³-hybridized carbons (Fsp3) is 0.136. The van der Waals surface area contributed by atoms with Crippen LogP contribution in [0.25, 0.3) is 0 Å². The van der Waals surface area contributed by atoms with Gasteiger partial charge in [-0.3, -0.25) is 0 Å². The molecule has 1 aliphatic rings. The van der Waals surface area contributed by atoms with Crippen molar-refractivity contribution in [3.05, 3.63) is 90.2 Å². The van der Waals surface area contributed by atoms with Crippen molar-refractivity contribution in [1.82, 2.24) is 0 Å². The minimum absolute atomic E-state index is 0.145. The minimum atomic E-state index is -0.220. The van der Waals surface area contributed by atoms with Gasteiger partial charge in [0.2, 0.25) is 0 Å². The van der Waals surface area contributed by atoms with Crippen LogP contribution in [-0.2, 0) is 0 Å². The molecule has 0 N–H and O–H groups in total. The Balaban J connectivity index is 1.69. The number of nitrogens with zero attached hydrogens (tertiary/aromatic N) is 2. The lowest BCUT2D eigenvalue weighted by Crippen LogP contribution is -2.46. The molecule has 0 aromatic heterocycles. The monoisotopic (exact) mass is 346 g/mol. The summed E-state index contributed by atoms with van der Waals surface area (Å²) in [6.45, 7) is 0. The van der Waals surface area contributed by atoms with E-state index in [2.05, 4.69) is 4.90 Å². The summed E-state index contributed by atoms with van der Waals surface area (Å²) in [5.74, 6) is 1.59. The van der Waals surface area contributed by atoms with Crippen molar-refractivity contribution in [2.75, 3.05) is 12.0 Å². The Kier molecular flexibility index (Phi) is 4.40. The van der Waals surface area contributed by atoms with Crippen molar-refractivity contribution >= 4 is 17.2 Å². The van der Waals surface area contributed by atoms with Crippen LogP contribution in [0.3, 0.4) is 0 Å². The van der Waals surface area contributed by atoms with E-state index in [4.69, 9.17) is 9.73 Å². The molecule has 0 spiro atoms. The number of amidine groups is 1. The molecule has 26 heavy (non-hydrogen) atoms. The number of halogens is 1. The zero-order chi connectivity index (χ0) is 17.9. The third-order valence-electron chi connectivity index (χ3n) is 4.59. The van der Waals surface area contributed by atoms with E-state index in [1.807, 2.05) is 66.7 Å². The second-order valence-corrected chi connectivity index (χ2v) is 6.20. The van der Waals surface area contributed by atoms with E-state index in [0.29, 0.717) is 0 Å². The minimum Gasteiger partial charge on any atom is -0.497 e. The first-order valence-corrected chi connectivity index (χ1v) is 8.56. The highest BCUT2D eigenvalue weighted by Gasteiger charge is 2.36. The van der Waals surface area contributed by atoms with Gasteiger partial charge in [0.15, 0.2) is 0 Å². The zero-order valence-electron chi connectivity index (χ0n) is 14.5. The molecule has 0 bridgehead atoms. The van der Waals surface area contributed by atoms with E-state index >= 15 is 0 Å². The van der Waals surface area contributed by atoms with Crippen molar-refractivity contribution in [3.63, 3.8) is 0 Å². The maximum atomic E-state index is 13.3. The molecule has 3 aromatic carbocycles. The van der Waals surface area contributed by atoms with Gasteiger partial charge in [0.05, 0.1) is 18.8 Å². The smallest absolute Gasteiger partial charge is 0.123 e. The van der Waals surface area contributed by atoms with Gasteiger partial charge in [0, 0.05) is 12.1 Å². The van der Waals surface area contributed by atoms with E-state index in [1.165, 1.54) is 12.1 Å². The molecule has 0 radical (unpaired) electrons. The van der Waals surface area contributed by atoms with Crippen LogP contribution >= 0.6 is 0 Å². The van der Waals surface area contributed by atoms with Crippen molar-refractivity contribution in [3.8, 4) is 5.75 Å². The zero-order valence-corrected chi connectivity index (χ0v) is 14.5. The van der Waals surface area contributed by atoms with Crippen molar-refractivity contribution in [1.29, 1.82) is 0 Å². The number of hydrogen-bond acceptors (Lipinski definition) is 2. The van der Waals surface area contributed by atoms with Crippen LogP contribution in [0.4, 0.5) is 15.8 Å². The van der Waals surface area contributed by atoms with Crippen molar-refractivity contribution < 1.29 is 9.13 Å². The van der Waals surface area contributed by atoms with E-state index in [-0.39, 0.29) is 11.9 Å². The number of ether oxygens (including phenoxy) is 1. The predicted molar refractivity (Wildman–Crippen MR) is 103 cm³/mol. The quantitative estimate of drug-likeness (QED) is 0.622. The summed E-state index contributed by atoms with van der Waals surface area (Å²) in [4.78, 5) is 6.99. The van der Waals surface area contributed by atoms with E-state index in [0.717, 1.165) is 34.9 Å². The Morgan fingerprint density at radius 3 is 2.27 bits per heavy atom. The van der Waals surface area contributed by atoms with Gasteiger partial charge in [-0.2, -0.15) is 0 Å². The molecule has 1 saturated heterocycles. The number of aliphatic imine (C=N–C) groups is 1. The lowest BCUT2D eigenvalue weighted by atomic mass is 9.92. The Hall–Kier alpha value is -3.14. The van der Waals surface area contributed by atoms with Crippen LogP contribution < -0.4 is 9.64 Å². The van der Waals surface area contributed by atoms with E-state index in [1.54, 1.807) is 7.11 Å². The predicted octanol–water partition coefficient (Wildman–Crippen LogP) is 5.52. The van der Waals surface area contributed by atoms with Crippen LogP contribution in [0.2, 0.25) is 0 Å². The van der Waals surface area contributed by atoms with Gasteiger partial charge in [-0.15, -0.1) is 0 Å². The van der Waals surface area contributed by atoms with Crippen LogP contribution in [0.1, 0.15) is 18.0 Å². The molecular weight excluding hydrogens is 327 g/mol. The molecule has 0 amide bonds. The summed E-state index contributed by atoms with van der Waals surface area (Å²) in [6, 6.07) is 24.7. The van der Waals surface area contributed by atoms with E-state index < -0.39 is 0 Å². The molecule has 4 rings (SSSR count). The Bertz CT molecular complexity index is 905. The first-order valence-electron chi connectivity index (χ1n) is 8.56. The highest BCUT2D eigenvalue weighted by Crippen LogP contribution is 2.41. The fourth-order valence-electron chi connectivity index (χ4n) is 3.20. The summed E-state index contributed by atoms with van der Waals surface area (Å²) in [5.41, 5.74) is 3.05. The van der Waals surface area contributed by atoms with Gasteiger partial charge in [-0.1, -0.05) is 30.3 Å². The van der Waals surface area contributed by atoms with Gasteiger partial charge in [0.1, 0.15) is 17.4 Å². The Morgan fingerprint density at radius 1 is 0.923 bits per heavy atom. The molecule has 1 unspecified atom stereocenters. The summed E-state index contributed by atoms with van der Waals surface area (Å²) >= 11 is 0. The number of rotatable bonds is 4. The fourth-order valence-corrected chi connectivity index (χ4v) is 3.20. The normalized spacial score (nSPS) is 17.8. The topological polar surface area (TPSA) is 24.8 Å². The average molecular weight is 346 g/mol. The Morgan fingerprint density at radius 2 is 1.62 bits per heavy atom. The van der Waals surface area contributed by atoms with Crippen LogP contribution in [0.15, 0.2) is 83.9 Å². The maximum absolute atomic E-state index is 13.3. The van der Waals surface area contributed by atoms with Gasteiger partial charge >= 0.3 is 0 Å². The number of para-hydroxylation sites is 1. The Labute approximate surface area is 152 Å². The van der Waals surface area contributed by atoms with Crippen LogP contribution in [0.5, 0.6) is 5.75 Å². The van der Waals surface area contributed by atoms with Crippen LogP contribution in [-0.4, -0.2) is 12.9 Å². The lowest BCUT2D eigenvalue weighted by Gasteiger charge is -2.44. The largest absolute Gasteiger partial charge is 0.497 e. The molecular formula is C22H19FN2O. The SMILES string of the molecule is COc1ccc(N2C(=Nc3ccccc3)CC2c2ccc(F)cc2)cc1. The summed E-state index contributed by atoms with van der Waals surface area (Å²) in [7, 11) is 1.66. The highest BCUT2D eigenvalue weighted by atomic mass is 19.1. The van der Waals surface area contributed by atoms with Gasteiger partial charge in [-0.25, -0.2) is 9.38 Å². The second-order valence-electron chi connectivity index (χ2n) is 6.20. The lowest BCUT2D eigenvalue weighted by molar-refractivity contribution is 0.415. The average Bonchev–Trinajstić information content (AvgIpc) is 2.67. The van der Waals surface area contributed by atoms with Crippen molar-refractivity contribution in [2.45, 2.75) is 12.5 Å². The van der Waals surface area contributed by atoms with Crippen molar-refractivity contribution in [2.24, 2.45) is 4.99 Å². The summed E-state index contributed by atoms with van der Waals surface area (Å²) < 4.78 is 18.5. The number of anilines is 1. The number of hydrogen-bond donors (Lipinski definition) is 0. The maximum Gasteiger partial charge on any atom is 0.123 e. The molecule has 130 valence electrons. The van der Waals surface area contributed by atoms with Gasteiger partial charge in [0.25, 0.3) is 0 Å². The summed E-state index contributed by atoms with van der Waals surface area (Å²) in [6.07, 6.45) is 0.812.